The van der Waals surface area contributed by atoms with Crippen LogP contribution in [0.4, 0.5) is 5.69 Å². The fraction of sp³-hybridized carbons (Fsp3) is 0.385. The number of para-hydroxylation sites is 1. The molecule has 0 spiro atoms. The average Bonchev–Trinajstić information content (AvgIpc) is 2.43. The van der Waals surface area contributed by atoms with Crippen molar-refractivity contribution in [3.8, 4) is 0 Å². The van der Waals surface area contributed by atoms with Crippen LogP contribution in [0, 0.1) is 0 Å². The molecule has 0 aliphatic heterocycles. The second kappa shape index (κ2) is 6.64. The van der Waals surface area contributed by atoms with Crippen molar-refractivity contribution in [2.45, 2.75) is 6.42 Å². The second-order valence-electron chi connectivity index (χ2n) is 3.85. The van der Waals surface area contributed by atoms with Gasteiger partial charge in [0.25, 0.3) is 0 Å². The van der Waals surface area contributed by atoms with Crippen LogP contribution in [0.25, 0.3) is 0 Å². The van der Waals surface area contributed by atoms with Crippen molar-refractivity contribution in [2.75, 3.05) is 32.6 Å². The molecule has 1 amide bonds. The van der Waals surface area contributed by atoms with Crippen LogP contribution in [0.15, 0.2) is 24.3 Å². The summed E-state index contributed by atoms with van der Waals surface area (Å²) < 4.78 is 4.73. The third kappa shape index (κ3) is 3.48. The summed E-state index contributed by atoms with van der Waals surface area (Å²) in [5.74, 6) is -0.408. The maximum absolute atomic E-state index is 11.6. The maximum atomic E-state index is 11.6. The largest absolute Gasteiger partial charge is 0.465 e. The molecule has 1 aromatic carbocycles. The lowest BCUT2D eigenvalue weighted by Gasteiger charge is -2.21. The molecule has 0 saturated carbocycles. The number of carbonyl (C=O) groups is 2. The number of nitrogens with one attached hydrogen (secondary N) is 1. The zero-order valence-electron chi connectivity index (χ0n) is 10.9. The molecule has 0 saturated heterocycles. The number of benzene rings is 1. The van der Waals surface area contributed by atoms with Crippen molar-refractivity contribution in [3.63, 3.8) is 0 Å². The van der Waals surface area contributed by atoms with E-state index in [9.17, 15) is 9.59 Å². The first kappa shape index (κ1) is 14.0. The van der Waals surface area contributed by atoms with Gasteiger partial charge >= 0.3 is 5.97 Å². The summed E-state index contributed by atoms with van der Waals surface area (Å²) in [6.07, 6.45) is 0.377. The van der Waals surface area contributed by atoms with Gasteiger partial charge in [-0.1, -0.05) is 12.1 Å². The molecule has 0 aliphatic rings. The van der Waals surface area contributed by atoms with Gasteiger partial charge in [0, 0.05) is 27.1 Å². The van der Waals surface area contributed by atoms with Gasteiger partial charge in [-0.05, 0) is 12.1 Å². The van der Waals surface area contributed by atoms with E-state index in [0.717, 1.165) is 5.69 Å². The summed E-state index contributed by atoms with van der Waals surface area (Å²) in [6.45, 7) is 0.535. The molecule has 0 unspecified atom stereocenters. The van der Waals surface area contributed by atoms with Gasteiger partial charge in [0.05, 0.1) is 18.4 Å². The van der Waals surface area contributed by atoms with Gasteiger partial charge in [0.1, 0.15) is 0 Å². The highest BCUT2D eigenvalue weighted by Crippen LogP contribution is 2.20. The highest BCUT2D eigenvalue weighted by atomic mass is 16.5. The minimum absolute atomic E-state index is 0.0302. The van der Waals surface area contributed by atoms with E-state index >= 15 is 0 Å². The smallest absolute Gasteiger partial charge is 0.339 e. The van der Waals surface area contributed by atoms with Gasteiger partial charge in [-0.15, -0.1) is 0 Å². The first-order chi connectivity index (χ1) is 8.60. The molecule has 1 N–H and O–H groups in total. The van der Waals surface area contributed by atoms with Crippen molar-refractivity contribution < 1.29 is 14.3 Å². The maximum Gasteiger partial charge on any atom is 0.339 e. The minimum atomic E-state index is -0.377. The van der Waals surface area contributed by atoms with Crippen LogP contribution in [0.1, 0.15) is 16.8 Å². The number of methoxy groups -OCH3 is 1. The van der Waals surface area contributed by atoms with E-state index in [1.807, 2.05) is 24.1 Å². The van der Waals surface area contributed by atoms with Crippen molar-refractivity contribution in [2.24, 2.45) is 0 Å². The van der Waals surface area contributed by atoms with E-state index in [-0.39, 0.29) is 11.9 Å². The SMILES string of the molecule is CNC(=O)CCN(C)c1ccccc1C(=O)OC. The van der Waals surface area contributed by atoms with E-state index in [1.165, 1.54) is 7.11 Å². The number of carbonyl (C=O) groups excluding carboxylic acids is 2. The third-order valence-corrected chi connectivity index (χ3v) is 2.67. The highest BCUT2D eigenvalue weighted by molar-refractivity contribution is 5.95. The van der Waals surface area contributed by atoms with Gasteiger partial charge in [-0.3, -0.25) is 4.79 Å². The number of rotatable bonds is 5. The molecule has 0 heterocycles. The van der Waals surface area contributed by atoms with Crippen LogP contribution in [-0.2, 0) is 9.53 Å². The molecule has 18 heavy (non-hydrogen) atoms. The molecule has 5 nitrogen and oxygen atoms in total. The number of hydrogen-bond acceptors (Lipinski definition) is 4. The third-order valence-electron chi connectivity index (χ3n) is 2.67. The molecule has 1 rings (SSSR count). The zero-order chi connectivity index (χ0) is 13.5. The van der Waals surface area contributed by atoms with Crippen LogP contribution < -0.4 is 10.2 Å². The Hall–Kier alpha value is -2.04. The van der Waals surface area contributed by atoms with Gasteiger partial charge in [-0.25, -0.2) is 4.79 Å². The van der Waals surface area contributed by atoms with E-state index in [0.29, 0.717) is 18.5 Å². The van der Waals surface area contributed by atoms with Crippen molar-refractivity contribution >= 4 is 17.6 Å². The second-order valence-corrected chi connectivity index (χ2v) is 3.85. The lowest BCUT2D eigenvalue weighted by atomic mass is 10.1. The number of ether oxygens (including phenoxy) is 1. The van der Waals surface area contributed by atoms with Crippen LogP contribution >= 0.6 is 0 Å². The van der Waals surface area contributed by atoms with Crippen molar-refractivity contribution in [1.82, 2.24) is 5.32 Å². The van der Waals surface area contributed by atoms with Crippen LogP contribution in [0.3, 0.4) is 0 Å². The number of nitrogens with zero attached hydrogens (tertiary/aromatic N) is 1. The lowest BCUT2D eigenvalue weighted by molar-refractivity contribution is -0.120. The van der Waals surface area contributed by atoms with Gasteiger partial charge < -0.3 is 15.0 Å². The Bertz CT molecular complexity index is 432. The summed E-state index contributed by atoms with van der Waals surface area (Å²) in [4.78, 5) is 24.7. The lowest BCUT2D eigenvalue weighted by Crippen LogP contribution is -2.27. The fourth-order valence-corrected chi connectivity index (χ4v) is 1.60. The first-order valence-electron chi connectivity index (χ1n) is 5.69. The van der Waals surface area contributed by atoms with Gasteiger partial charge in [-0.2, -0.15) is 0 Å². The molecule has 0 aliphatic carbocycles. The Morgan fingerprint density at radius 2 is 2.00 bits per heavy atom. The number of esters is 1. The molecule has 0 fully saturated rings. The van der Waals surface area contributed by atoms with Gasteiger partial charge in [0.2, 0.25) is 5.91 Å². The predicted molar refractivity (Wildman–Crippen MR) is 69.7 cm³/mol. The van der Waals surface area contributed by atoms with E-state index < -0.39 is 0 Å². The average molecular weight is 250 g/mol. The normalized spacial score (nSPS) is 9.72. The Kier molecular flexibility index (Phi) is 5.17. The quantitative estimate of drug-likeness (QED) is 0.793. The van der Waals surface area contributed by atoms with Crippen LogP contribution in [0.5, 0.6) is 0 Å². The molecule has 5 heteroatoms. The minimum Gasteiger partial charge on any atom is -0.465 e. The monoisotopic (exact) mass is 250 g/mol. The highest BCUT2D eigenvalue weighted by Gasteiger charge is 2.14. The predicted octanol–water partition coefficient (Wildman–Crippen LogP) is 1.05. The number of amides is 1. The Morgan fingerprint density at radius 3 is 2.61 bits per heavy atom. The first-order valence-corrected chi connectivity index (χ1v) is 5.69. The zero-order valence-corrected chi connectivity index (χ0v) is 10.9. The van der Waals surface area contributed by atoms with Gasteiger partial charge in [0.15, 0.2) is 0 Å². The summed E-state index contributed by atoms with van der Waals surface area (Å²) in [7, 11) is 4.79. The van der Waals surface area contributed by atoms with Crippen LogP contribution in [0.2, 0.25) is 0 Å². The summed E-state index contributed by atoms with van der Waals surface area (Å²) in [5.41, 5.74) is 1.26. The molecule has 98 valence electrons. The van der Waals surface area contributed by atoms with E-state index in [4.69, 9.17) is 4.74 Å². The van der Waals surface area contributed by atoms with E-state index in [2.05, 4.69) is 5.32 Å². The Morgan fingerprint density at radius 1 is 1.33 bits per heavy atom. The summed E-state index contributed by atoms with van der Waals surface area (Å²) in [5, 5.41) is 2.56. The number of hydrogen-bond donors (Lipinski definition) is 1. The molecule has 0 aromatic heterocycles. The van der Waals surface area contributed by atoms with Crippen molar-refractivity contribution in [1.29, 1.82) is 0 Å². The summed E-state index contributed by atoms with van der Waals surface area (Å²) in [6, 6.07) is 7.16. The molecule has 0 radical (unpaired) electrons. The standard InChI is InChI=1S/C13H18N2O3/c1-14-12(16)8-9-15(2)11-7-5-4-6-10(11)13(17)18-3/h4-7H,8-9H2,1-3H3,(H,14,16). The number of anilines is 1. The Labute approximate surface area is 107 Å². The molecule has 1 aromatic rings. The molecule has 0 atom stereocenters. The molecular weight excluding hydrogens is 232 g/mol. The summed E-state index contributed by atoms with van der Waals surface area (Å²) >= 11 is 0. The molecule has 0 bridgehead atoms. The fourth-order valence-electron chi connectivity index (χ4n) is 1.60. The van der Waals surface area contributed by atoms with Crippen LogP contribution in [-0.4, -0.2) is 39.6 Å². The van der Waals surface area contributed by atoms with E-state index in [1.54, 1.807) is 19.2 Å². The van der Waals surface area contributed by atoms with Crippen molar-refractivity contribution in [3.05, 3.63) is 29.8 Å². The molecular formula is C13H18N2O3. The Balaban J connectivity index is 2.81. The topological polar surface area (TPSA) is 58.6 Å².